The van der Waals surface area contributed by atoms with E-state index < -0.39 is 24.1 Å². The molecule has 0 aromatic carbocycles. The summed E-state index contributed by atoms with van der Waals surface area (Å²) in [6, 6.07) is -1.24. The number of nitrogens with one attached hydrogen (secondary N) is 1. The van der Waals surface area contributed by atoms with Crippen molar-refractivity contribution in [1.29, 1.82) is 0 Å². The first-order valence-electron chi connectivity index (χ1n) is 14.0. The van der Waals surface area contributed by atoms with Gasteiger partial charge in [0.1, 0.15) is 11.0 Å². The highest BCUT2D eigenvalue weighted by molar-refractivity contribution is 7.09. The molecule has 1 aliphatic heterocycles. The Labute approximate surface area is 236 Å². The number of amides is 2. The summed E-state index contributed by atoms with van der Waals surface area (Å²) >= 11 is 1.21. The molecular weight excluding hydrogens is 520 g/mol. The first-order chi connectivity index (χ1) is 18.4. The molecule has 0 radical (unpaired) electrons. The van der Waals surface area contributed by atoms with Crippen molar-refractivity contribution in [2.75, 3.05) is 27.2 Å². The fourth-order valence-corrected chi connectivity index (χ4v) is 5.78. The van der Waals surface area contributed by atoms with Gasteiger partial charge in [-0.15, -0.1) is 11.3 Å². The molecule has 1 N–H and O–H groups in total. The minimum Gasteiger partial charge on any atom is -0.461 e. The number of likely N-dealkylation sites (N-methyl/N-ethyl adjacent to an activating group) is 2. The zero-order valence-corrected chi connectivity index (χ0v) is 25.5. The number of thiazole rings is 1. The third kappa shape index (κ3) is 8.99. The second-order valence-corrected chi connectivity index (χ2v) is 11.6. The quantitative estimate of drug-likeness (QED) is 0.358. The number of esters is 2. The van der Waals surface area contributed by atoms with E-state index in [0.717, 1.165) is 32.2 Å². The van der Waals surface area contributed by atoms with Gasteiger partial charge in [0.15, 0.2) is 11.8 Å². The molecule has 1 aliphatic rings. The Bertz CT molecular complexity index is 983. The molecule has 1 aromatic rings. The van der Waals surface area contributed by atoms with Crippen LogP contribution in [0.4, 0.5) is 0 Å². The largest absolute Gasteiger partial charge is 0.461 e. The lowest BCUT2D eigenvalue weighted by Gasteiger charge is -2.38. The summed E-state index contributed by atoms with van der Waals surface area (Å²) in [6.07, 6.45) is 3.11. The van der Waals surface area contributed by atoms with E-state index in [1.807, 2.05) is 34.7 Å². The fraction of sp³-hybridized carbons (Fsp3) is 0.750. The van der Waals surface area contributed by atoms with E-state index >= 15 is 0 Å². The van der Waals surface area contributed by atoms with Gasteiger partial charge in [-0.2, -0.15) is 0 Å². The zero-order valence-electron chi connectivity index (χ0n) is 24.7. The summed E-state index contributed by atoms with van der Waals surface area (Å²) in [5.74, 6) is -1.36. The van der Waals surface area contributed by atoms with Gasteiger partial charge in [-0.3, -0.25) is 19.3 Å². The van der Waals surface area contributed by atoms with Crippen molar-refractivity contribution in [3.05, 3.63) is 16.1 Å². The number of likely N-dealkylation sites (tertiary alicyclic amines) is 1. The first-order valence-corrected chi connectivity index (χ1v) is 14.9. The molecule has 11 heteroatoms. The molecule has 2 amide bonds. The summed E-state index contributed by atoms with van der Waals surface area (Å²) in [4.78, 5) is 59.4. The van der Waals surface area contributed by atoms with E-state index in [9.17, 15) is 19.2 Å². The molecule has 1 fully saturated rings. The van der Waals surface area contributed by atoms with E-state index in [0.29, 0.717) is 11.4 Å². The van der Waals surface area contributed by atoms with E-state index in [1.165, 1.54) is 18.3 Å². The Morgan fingerprint density at radius 3 is 2.46 bits per heavy atom. The fourth-order valence-electron chi connectivity index (χ4n) is 4.95. The van der Waals surface area contributed by atoms with Crippen molar-refractivity contribution >= 4 is 35.1 Å². The van der Waals surface area contributed by atoms with Gasteiger partial charge >= 0.3 is 11.9 Å². The van der Waals surface area contributed by atoms with Crippen LogP contribution in [-0.2, 0) is 23.9 Å². The molecule has 39 heavy (non-hydrogen) atoms. The van der Waals surface area contributed by atoms with Gasteiger partial charge in [0.25, 0.3) is 0 Å². The van der Waals surface area contributed by atoms with Gasteiger partial charge in [0, 0.05) is 31.8 Å². The van der Waals surface area contributed by atoms with E-state index in [-0.39, 0.29) is 48.0 Å². The summed E-state index contributed by atoms with van der Waals surface area (Å²) < 4.78 is 10.7. The Hall–Kier alpha value is -2.53. The average molecular weight is 567 g/mol. The van der Waals surface area contributed by atoms with E-state index in [2.05, 4.69) is 15.2 Å². The highest BCUT2D eigenvalue weighted by Crippen LogP contribution is 2.31. The zero-order chi connectivity index (χ0) is 29.3. The van der Waals surface area contributed by atoms with Crippen LogP contribution >= 0.6 is 11.3 Å². The van der Waals surface area contributed by atoms with Crippen molar-refractivity contribution in [3.63, 3.8) is 0 Å². The second kappa shape index (κ2) is 15.3. The van der Waals surface area contributed by atoms with Crippen molar-refractivity contribution < 1.29 is 28.7 Å². The Morgan fingerprint density at radius 1 is 1.21 bits per heavy atom. The Morgan fingerprint density at radius 2 is 1.90 bits per heavy atom. The van der Waals surface area contributed by atoms with Gasteiger partial charge in [-0.1, -0.05) is 40.5 Å². The molecule has 0 bridgehead atoms. The van der Waals surface area contributed by atoms with Crippen molar-refractivity contribution in [2.45, 2.75) is 97.9 Å². The highest BCUT2D eigenvalue weighted by atomic mass is 32.1. The third-order valence-corrected chi connectivity index (χ3v) is 8.45. The van der Waals surface area contributed by atoms with Crippen molar-refractivity contribution in [3.8, 4) is 0 Å². The van der Waals surface area contributed by atoms with Crippen LogP contribution in [-0.4, -0.2) is 83.9 Å². The first kappa shape index (κ1) is 32.7. The molecule has 0 spiro atoms. The Balaban J connectivity index is 2.27. The van der Waals surface area contributed by atoms with Crippen LogP contribution in [0.15, 0.2) is 5.38 Å². The molecule has 10 nitrogen and oxygen atoms in total. The predicted molar refractivity (Wildman–Crippen MR) is 150 cm³/mol. The lowest BCUT2D eigenvalue weighted by Crippen LogP contribution is -2.58. The molecule has 220 valence electrons. The molecule has 5 atom stereocenters. The topological polar surface area (TPSA) is 118 Å². The molecule has 2 heterocycles. The molecular formula is C28H46N4O6S. The number of piperidine rings is 1. The van der Waals surface area contributed by atoms with Gasteiger partial charge in [-0.25, -0.2) is 9.78 Å². The summed E-state index contributed by atoms with van der Waals surface area (Å²) in [5.41, 5.74) is 0.159. The standard InChI is InChI=1S/C28H46N4O6S/c1-9-18(5)24(30-25(34)21-13-11-12-14-31(21)7)27(35)32(8)22(17(3)4)15-23(38-19(6)33)26-29-20(16-39-26)28(36)37-10-2/h16-18,21-24H,9-15H2,1-8H3,(H,30,34)/t18-,21+,22?,23+,24-/m0/s1. The maximum atomic E-state index is 13.9. The number of hydrogen-bond donors (Lipinski definition) is 1. The average Bonchev–Trinajstić information content (AvgIpc) is 3.39. The van der Waals surface area contributed by atoms with Crippen LogP contribution in [0, 0.1) is 11.8 Å². The lowest BCUT2D eigenvalue weighted by atomic mass is 9.92. The number of ether oxygens (including phenoxy) is 2. The summed E-state index contributed by atoms with van der Waals surface area (Å²) in [6.45, 7) is 12.1. The minimum atomic E-state index is -0.745. The van der Waals surface area contributed by atoms with Crippen LogP contribution in [0.3, 0.4) is 0 Å². The third-order valence-electron chi connectivity index (χ3n) is 7.51. The highest BCUT2D eigenvalue weighted by Gasteiger charge is 2.37. The van der Waals surface area contributed by atoms with E-state index in [4.69, 9.17) is 9.47 Å². The van der Waals surface area contributed by atoms with Gasteiger partial charge in [-0.05, 0) is 45.2 Å². The number of nitrogens with zero attached hydrogens (tertiary/aromatic N) is 3. The predicted octanol–water partition coefficient (Wildman–Crippen LogP) is 3.81. The number of carbonyl (C=O) groups is 4. The molecule has 2 rings (SSSR count). The summed E-state index contributed by atoms with van der Waals surface area (Å²) in [5, 5.41) is 5.12. The number of carbonyl (C=O) groups excluding carboxylic acids is 4. The summed E-state index contributed by atoms with van der Waals surface area (Å²) in [7, 11) is 3.68. The number of aromatic nitrogens is 1. The number of hydrogen-bond acceptors (Lipinski definition) is 9. The SMILES string of the molecule is CCOC(=O)c1csc([C@@H](CC(C(C)C)N(C)C(=O)[C@@H](NC(=O)[C@H]2CCCCN2C)[C@@H](C)CC)OC(C)=O)n1. The van der Waals surface area contributed by atoms with Crippen LogP contribution in [0.25, 0.3) is 0 Å². The maximum Gasteiger partial charge on any atom is 0.357 e. The van der Waals surface area contributed by atoms with Crippen molar-refractivity contribution in [1.82, 2.24) is 20.1 Å². The molecule has 1 aromatic heterocycles. The monoisotopic (exact) mass is 566 g/mol. The van der Waals surface area contributed by atoms with Crippen LogP contribution in [0.2, 0.25) is 0 Å². The smallest absolute Gasteiger partial charge is 0.357 e. The maximum absolute atomic E-state index is 13.9. The van der Waals surface area contributed by atoms with Crippen LogP contribution < -0.4 is 5.32 Å². The van der Waals surface area contributed by atoms with Crippen molar-refractivity contribution in [2.24, 2.45) is 11.8 Å². The number of rotatable bonds is 13. The Kier molecular flexibility index (Phi) is 12.8. The lowest BCUT2D eigenvalue weighted by molar-refractivity contribution is -0.149. The van der Waals surface area contributed by atoms with Crippen LogP contribution in [0.1, 0.15) is 95.2 Å². The van der Waals surface area contributed by atoms with Gasteiger partial charge in [0.05, 0.1) is 12.6 Å². The molecule has 0 saturated carbocycles. The molecule has 1 unspecified atom stereocenters. The normalized spacial score (nSPS) is 19.1. The van der Waals surface area contributed by atoms with Gasteiger partial charge in [0.2, 0.25) is 11.8 Å². The molecule has 1 saturated heterocycles. The molecule has 0 aliphatic carbocycles. The second-order valence-electron chi connectivity index (χ2n) is 10.7. The van der Waals surface area contributed by atoms with Gasteiger partial charge < -0.3 is 19.7 Å². The minimum absolute atomic E-state index is 0.0132. The van der Waals surface area contributed by atoms with E-state index in [1.54, 1.807) is 24.3 Å². The van der Waals surface area contributed by atoms with Crippen LogP contribution in [0.5, 0.6) is 0 Å².